The van der Waals surface area contributed by atoms with Crippen LogP contribution in [-0.2, 0) is 17.8 Å². The number of hydrogen-bond acceptors (Lipinski definition) is 5. The average molecular weight is 434 g/mol. The molecule has 1 fully saturated rings. The average Bonchev–Trinajstić information content (AvgIpc) is 3.29. The molecule has 168 valence electrons. The monoisotopic (exact) mass is 433 g/mol. The maximum atomic E-state index is 5.62. The molecular weight excluding hydrogens is 402 g/mol. The van der Waals surface area contributed by atoms with E-state index in [0.717, 1.165) is 54.1 Å². The molecule has 1 saturated heterocycles. The Kier molecular flexibility index (Phi) is 7.01. The zero-order valence-electron chi connectivity index (χ0n) is 19.0. The third-order valence-corrected chi connectivity index (χ3v) is 5.50. The number of imidazole rings is 1. The van der Waals surface area contributed by atoms with Crippen LogP contribution in [0.15, 0.2) is 59.9 Å². The van der Waals surface area contributed by atoms with Gasteiger partial charge in [-0.25, -0.2) is 9.97 Å². The fourth-order valence-corrected chi connectivity index (χ4v) is 3.81. The molecule has 0 aliphatic carbocycles. The highest BCUT2D eigenvalue weighted by Gasteiger charge is 2.17. The van der Waals surface area contributed by atoms with Crippen LogP contribution in [0, 0.1) is 0 Å². The van der Waals surface area contributed by atoms with E-state index in [9.17, 15) is 0 Å². The van der Waals surface area contributed by atoms with Gasteiger partial charge < -0.3 is 24.8 Å². The SMILES string of the molecule is CN=C(NCc1ccc(N2CCOC(C)C2)nc1)N(C)Cc1ncc(-c2ccccc2)[nH]1. The fourth-order valence-electron chi connectivity index (χ4n) is 3.81. The van der Waals surface area contributed by atoms with Gasteiger partial charge in [0.05, 0.1) is 31.1 Å². The van der Waals surface area contributed by atoms with Crippen molar-refractivity contribution in [1.82, 2.24) is 25.2 Å². The van der Waals surface area contributed by atoms with Gasteiger partial charge in [-0.15, -0.1) is 0 Å². The van der Waals surface area contributed by atoms with Crippen molar-refractivity contribution in [1.29, 1.82) is 0 Å². The molecule has 1 atom stereocenters. The lowest BCUT2D eigenvalue weighted by molar-refractivity contribution is 0.0529. The standard InChI is InChI=1S/C24H31N7O/c1-18-16-31(11-12-32-18)23-10-9-19(13-27-23)14-28-24(25-2)30(3)17-22-26-15-21(29-22)20-7-5-4-6-8-20/h4-10,13,15,18H,11-12,14,16-17H2,1-3H3,(H,25,28)(H,26,29). The second kappa shape index (κ2) is 10.3. The highest BCUT2D eigenvalue weighted by atomic mass is 16.5. The van der Waals surface area contributed by atoms with Crippen molar-refractivity contribution in [3.63, 3.8) is 0 Å². The summed E-state index contributed by atoms with van der Waals surface area (Å²) < 4.78 is 5.62. The molecule has 2 aromatic heterocycles. The van der Waals surface area contributed by atoms with E-state index in [4.69, 9.17) is 4.74 Å². The maximum Gasteiger partial charge on any atom is 0.194 e. The number of H-pyrrole nitrogens is 1. The van der Waals surface area contributed by atoms with E-state index in [1.807, 2.05) is 42.5 Å². The number of aromatic nitrogens is 3. The Morgan fingerprint density at radius 3 is 2.78 bits per heavy atom. The second-order valence-corrected chi connectivity index (χ2v) is 8.02. The van der Waals surface area contributed by atoms with Crippen molar-refractivity contribution in [2.75, 3.05) is 38.7 Å². The summed E-state index contributed by atoms with van der Waals surface area (Å²) in [5.74, 6) is 2.69. The summed E-state index contributed by atoms with van der Waals surface area (Å²) in [6, 6.07) is 14.4. The minimum absolute atomic E-state index is 0.240. The third-order valence-electron chi connectivity index (χ3n) is 5.50. The number of hydrogen-bond donors (Lipinski definition) is 2. The summed E-state index contributed by atoms with van der Waals surface area (Å²) in [5.41, 5.74) is 3.24. The third kappa shape index (κ3) is 5.45. The Morgan fingerprint density at radius 2 is 2.06 bits per heavy atom. The first-order valence-corrected chi connectivity index (χ1v) is 10.9. The van der Waals surface area contributed by atoms with Crippen molar-refractivity contribution in [2.45, 2.75) is 26.1 Å². The minimum atomic E-state index is 0.240. The van der Waals surface area contributed by atoms with Crippen LogP contribution in [0.4, 0.5) is 5.82 Å². The Labute approximate surface area is 189 Å². The fraction of sp³-hybridized carbons (Fsp3) is 0.375. The molecule has 32 heavy (non-hydrogen) atoms. The highest BCUT2D eigenvalue weighted by Crippen LogP contribution is 2.17. The molecule has 0 bridgehead atoms. The largest absolute Gasteiger partial charge is 0.375 e. The molecule has 2 N–H and O–H groups in total. The molecule has 0 radical (unpaired) electrons. The first kappa shape index (κ1) is 21.8. The minimum Gasteiger partial charge on any atom is -0.375 e. The van der Waals surface area contributed by atoms with E-state index < -0.39 is 0 Å². The van der Waals surface area contributed by atoms with Crippen LogP contribution >= 0.6 is 0 Å². The van der Waals surface area contributed by atoms with Crippen LogP contribution < -0.4 is 10.2 Å². The van der Waals surface area contributed by atoms with Crippen molar-refractivity contribution in [2.24, 2.45) is 4.99 Å². The number of guanidine groups is 1. The normalized spacial score (nSPS) is 16.8. The first-order valence-electron chi connectivity index (χ1n) is 10.9. The predicted octanol–water partition coefficient (Wildman–Crippen LogP) is 2.90. The molecular formula is C24H31N7O. The van der Waals surface area contributed by atoms with E-state index >= 15 is 0 Å². The quantitative estimate of drug-likeness (QED) is 0.460. The Bertz CT molecular complexity index is 1020. The number of nitrogens with one attached hydrogen (secondary N) is 2. The molecule has 1 aromatic carbocycles. The van der Waals surface area contributed by atoms with Crippen molar-refractivity contribution in [3.05, 3.63) is 66.2 Å². The smallest absolute Gasteiger partial charge is 0.194 e. The van der Waals surface area contributed by atoms with Crippen molar-refractivity contribution < 1.29 is 4.74 Å². The van der Waals surface area contributed by atoms with Gasteiger partial charge in [-0.3, -0.25) is 4.99 Å². The maximum absolute atomic E-state index is 5.62. The zero-order valence-corrected chi connectivity index (χ0v) is 19.0. The Hall–Kier alpha value is -3.39. The van der Waals surface area contributed by atoms with Crippen LogP contribution in [0.3, 0.4) is 0 Å². The van der Waals surface area contributed by atoms with E-state index in [1.54, 1.807) is 7.05 Å². The summed E-state index contributed by atoms with van der Waals surface area (Å²) >= 11 is 0. The number of aliphatic imine (C=N–C) groups is 1. The van der Waals surface area contributed by atoms with E-state index in [-0.39, 0.29) is 6.10 Å². The molecule has 0 amide bonds. The number of anilines is 1. The molecule has 8 heteroatoms. The van der Waals surface area contributed by atoms with Crippen molar-refractivity contribution >= 4 is 11.8 Å². The van der Waals surface area contributed by atoms with Gasteiger partial charge in [0.2, 0.25) is 0 Å². The lowest BCUT2D eigenvalue weighted by Gasteiger charge is -2.32. The zero-order chi connectivity index (χ0) is 22.3. The Balaban J connectivity index is 1.31. The molecule has 3 aromatic rings. The second-order valence-electron chi connectivity index (χ2n) is 8.02. The van der Waals surface area contributed by atoms with Gasteiger partial charge in [0.1, 0.15) is 11.6 Å². The van der Waals surface area contributed by atoms with Gasteiger partial charge in [-0.2, -0.15) is 0 Å². The van der Waals surface area contributed by atoms with Gasteiger partial charge in [-0.1, -0.05) is 36.4 Å². The van der Waals surface area contributed by atoms with Gasteiger partial charge >= 0.3 is 0 Å². The molecule has 8 nitrogen and oxygen atoms in total. The number of nitrogens with zero attached hydrogens (tertiary/aromatic N) is 5. The number of benzene rings is 1. The summed E-state index contributed by atoms with van der Waals surface area (Å²) in [5, 5.41) is 3.41. The van der Waals surface area contributed by atoms with Crippen LogP contribution in [0.25, 0.3) is 11.3 Å². The number of rotatable bonds is 6. The van der Waals surface area contributed by atoms with E-state index in [0.29, 0.717) is 13.1 Å². The molecule has 4 rings (SSSR count). The Morgan fingerprint density at radius 1 is 1.22 bits per heavy atom. The summed E-state index contributed by atoms with van der Waals surface area (Å²) in [6.45, 7) is 5.87. The molecule has 3 heterocycles. The summed E-state index contributed by atoms with van der Waals surface area (Å²) in [6.07, 6.45) is 4.04. The van der Waals surface area contributed by atoms with Gasteiger partial charge in [0.25, 0.3) is 0 Å². The van der Waals surface area contributed by atoms with Crippen molar-refractivity contribution in [3.8, 4) is 11.3 Å². The topological polar surface area (TPSA) is 81.7 Å². The van der Waals surface area contributed by atoms with E-state index in [2.05, 4.69) is 61.4 Å². The van der Waals surface area contributed by atoms with Crippen LogP contribution in [0.2, 0.25) is 0 Å². The lowest BCUT2D eigenvalue weighted by Crippen LogP contribution is -2.41. The van der Waals surface area contributed by atoms with Gasteiger partial charge in [0.15, 0.2) is 5.96 Å². The summed E-state index contributed by atoms with van der Waals surface area (Å²) in [7, 11) is 3.79. The number of pyridine rings is 1. The molecule has 1 aliphatic rings. The molecule has 1 unspecified atom stereocenters. The lowest BCUT2D eigenvalue weighted by atomic mass is 10.2. The first-order chi connectivity index (χ1) is 15.6. The van der Waals surface area contributed by atoms with Gasteiger partial charge in [0, 0.05) is 39.9 Å². The van der Waals surface area contributed by atoms with Gasteiger partial charge in [-0.05, 0) is 24.1 Å². The van der Waals surface area contributed by atoms with Crippen LogP contribution in [-0.4, -0.2) is 65.7 Å². The number of morpholine rings is 1. The molecule has 1 aliphatic heterocycles. The molecule has 0 spiro atoms. The highest BCUT2D eigenvalue weighted by molar-refractivity contribution is 5.79. The predicted molar refractivity (Wildman–Crippen MR) is 128 cm³/mol. The number of aromatic amines is 1. The van der Waals surface area contributed by atoms with Crippen LogP contribution in [0.5, 0.6) is 0 Å². The molecule has 0 saturated carbocycles. The van der Waals surface area contributed by atoms with E-state index in [1.165, 1.54) is 0 Å². The van der Waals surface area contributed by atoms with Crippen LogP contribution in [0.1, 0.15) is 18.3 Å². The number of ether oxygens (including phenoxy) is 1. The summed E-state index contributed by atoms with van der Waals surface area (Å²) in [4.78, 5) is 21.3.